The summed E-state index contributed by atoms with van der Waals surface area (Å²) in [5, 5.41) is 0. The molecule has 0 aliphatic rings. The van der Waals surface area contributed by atoms with E-state index in [0.717, 1.165) is 16.7 Å². The molecular formula is C14H15BrN2O2. The SMILES string of the molecule is CCn1cncc1COc1ccc(Br)cc1C(C)=O. The van der Waals surface area contributed by atoms with E-state index in [2.05, 4.69) is 20.9 Å². The van der Waals surface area contributed by atoms with Crippen LogP contribution in [0.15, 0.2) is 35.2 Å². The Hall–Kier alpha value is -1.62. The molecule has 0 spiro atoms. The fourth-order valence-electron chi connectivity index (χ4n) is 1.81. The first-order valence-electron chi connectivity index (χ1n) is 6.04. The first-order chi connectivity index (χ1) is 9.11. The number of ketones is 1. The van der Waals surface area contributed by atoms with Crippen LogP contribution in [-0.4, -0.2) is 15.3 Å². The maximum absolute atomic E-state index is 11.6. The van der Waals surface area contributed by atoms with Crippen molar-refractivity contribution >= 4 is 21.7 Å². The maximum Gasteiger partial charge on any atom is 0.163 e. The number of benzene rings is 1. The predicted molar refractivity (Wildman–Crippen MR) is 76.4 cm³/mol. The summed E-state index contributed by atoms with van der Waals surface area (Å²) in [5.74, 6) is 0.583. The van der Waals surface area contributed by atoms with Crippen LogP contribution >= 0.6 is 15.9 Å². The van der Waals surface area contributed by atoms with E-state index < -0.39 is 0 Å². The second-order valence-electron chi connectivity index (χ2n) is 4.16. The summed E-state index contributed by atoms with van der Waals surface area (Å²) < 4.78 is 8.61. The molecule has 0 N–H and O–H groups in total. The highest BCUT2D eigenvalue weighted by molar-refractivity contribution is 9.10. The van der Waals surface area contributed by atoms with Gasteiger partial charge in [0.15, 0.2) is 5.78 Å². The first-order valence-corrected chi connectivity index (χ1v) is 6.83. The smallest absolute Gasteiger partial charge is 0.163 e. The van der Waals surface area contributed by atoms with Crippen LogP contribution in [0, 0.1) is 0 Å². The lowest BCUT2D eigenvalue weighted by Crippen LogP contribution is -2.06. The van der Waals surface area contributed by atoms with Crippen LogP contribution in [0.5, 0.6) is 5.75 Å². The fourth-order valence-corrected chi connectivity index (χ4v) is 2.17. The molecule has 1 aromatic heterocycles. The predicted octanol–water partition coefficient (Wildman–Crippen LogP) is 3.45. The molecule has 5 heteroatoms. The molecule has 0 amide bonds. The number of imidazole rings is 1. The Bertz CT molecular complexity index is 593. The third kappa shape index (κ3) is 3.23. The molecule has 0 atom stereocenters. The highest BCUT2D eigenvalue weighted by Crippen LogP contribution is 2.24. The van der Waals surface area contributed by atoms with E-state index in [1.807, 2.05) is 17.6 Å². The molecule has 0 aliphatic heterocycles. The van der Waals surface area contributed by atoms with Crippen LogP contribution in [0.2, 0.25) is 0 Å². The summed E-state index contributed by atoms with van der Waals surface area (Å²) in [6, 6.07) is 5.43. The van der Waals surface area contributed by atoms with Crippen LogP contribution in [0.4, 0.5) is 0 Å². The average Bonchev–Trinajstić information content (AvgIpc) is 2.84. The first kappa shape index (κ1) is 13.8. The highest BCUT2D eigenvalue weighted by Gasteiger charge is 2.10. The van der Waals surface area contributed by atoms with Crippen LogP contribution in [0.25, 0.3) is 0 Å². The van der Waals surface area contributed by atoms with Gasteiger partial charge in [-0.1, -0.05) is 15.9 Å². The van der Waals surface area contributed by atoms with Crippen LogP contribution in [0.3, 0.4) is 0 Å². The van der Waals surface area contributed by atoms with Crippen molar-refractivity contribution < 1.29 is 9.53 Å². The minimum absolute atomic E-state index is 0.0136. The van der Waals surface area contributed by atoms with Crippen molar-refractivity contribution in [2.45, 2.75) is 27.0 Å². The topological polar surface area (TPSA) is 44.1 Å². The van der Waals surface area contributed by atoms with Gasteiger partial charge in [-0.25, -0.2) is 4.98 Å². The van der Waals surface area contributed by atoms with Crippen LogP contribution in [0.1, 0.15) is 29.9 Å². The molecule has 0 saturated heterocycles. The zero-order valence-electron chi connectivity index (χ0n) is 10.9. The molecule has 0 saturated carbocycles. The zero-order chi connectivity index (χ0) is 13.8. The minimum Gasteiger partial charge on any atom is -0.487 e. The van der Waals surface area contributed by atoms with Gasteiger partial charge in [0.05, 0.1) is 23.8 Å². The largest absolute Gasteiger partial charge is 0.487 e. The molecule has 100 valence electrons. The molecule has 0 aliphatic carbocycles. The van der Waals surface area contributed by atoms with Crippen molar-refractivity contribution in [1.82, 2.24) is 9.55 Å². The quantitative estimate of drug-likeness (QED) is 0.792. The Morgan fingerprint density at radius 1 is 1.47 bits per heavy atom. The van der Waals surface area contributed by atoms with E-state index >= 15 is 0 Å². The Kier molecular flexibility index (Phi) is 4.37. The number of hydrogen-bond acceptors (Lipinski definition) is 3. The van der Waals surface area contributed by atoms with E-state index in [9.17, 15) is 4.79 Å². The van der Waals surface area contributed by atoms with Gasteiger partial charge in [-0.2, -0.15) is 0 Å². The molecule has 1 aromatic carbocycles. The molecule has 2 rings (SSSR count). The van der Waals surface area contributed by atoms with Gasteiger partial charge in [-0.15, -0.1) is 0 Å². The summed E-state index contributed by atoms with van der Waals surface area (Å²) in [6.07, 6.45) is 3.54. The van der Waals surface area contributed by atoms with Gasteiger partial charge in [0.25, 0.3) is 0 Å². The zero-order valence-corrected chi connectivity index (χ0v) is 12.5. The second kappa shape index (κ2) is 6.02. The Labute approximate surface area is 120 Å². The van der Waals surface area contributed by atoms with Crippen LogP contribution in [-0.2, 0) is 13.2 Å². The third-order valence-corrected chi connectivity index (χ3v) is 3.33. The van der Waals surface area contributed by atoms with Gasteiger partial charge in [0.1, 0.15) is 12.4 Å². The second-order valence-corrected chi connectivity index (χ2v) is 5.07. The summed E-state index contributed by atoms with van der Waals surface area (Å²) in [4.78, 5) is 15.7. The van der Waals surface area contributed by atoms with E-state index in [4.69, 9.17) is 4.74 Å². The molecule has 0 radical (unpaired) electrons. The standard InChI is InChI=1S/C14H15BrN2O2/c1-3-17-9-16-7-12(17)8-19-14-5-4-11(15)6-13(14)10(2)18/h4-7,9H,3,8H2,1-2H3. The van der Waals surface area contributed by atoms with Crippen molar-refractivity contribution in [1.29, 1.82) is 0 Å². The Balaban J connectivity index is 2.18. The minimum atomic E-state index is -0.0136. The number of aromatic nitrogens is 2. The number of aryl methyl sites for hydroxylation is 1. The number of carbonyl (C=O) groups excluding carboxylic acids is 1. The van der Waals surface area contributed by atoms with Gasteiger partial charge in [0.2, 0.25) is 0 Å². The van der Waals surface area contributed by atoms with Gasteiger partial charge >= 0.3 is 0 Å². The third-order valence-electron chi connectivity index (χ3n) is 2.84. The number of halogens is 1. The average molecular weight is 323 g/mol. The normalized spacial score (nSPS) is 10.5. The number of Topliss-reactive ketones (excluding diaryl/α,β-unsaturated/α-hetero) is 1. The summed E-state index contributed by atoms with van der Waals surface area (Å²) in [5.41, 5.74) is 1.57. The molecule has 2 aromatic rings. The molecule has 19 heavy (non-hydrogen) atoms. The van der Waals surface area contributed by atoms with E-state index in [1.165, 1.54) is 6.92 Å². The van der Waals surface area contributed by atoms with Crippen molar-refractivity contribution in [3.63, 3.8) is 0 Å². The number of ether oxygens (including phenoxy) is 1. The van der Waals surface area contributed by atoms with E-state index in [1.54, 1.807) is 24.7 Å². The lowest BCUT2D eigenvalue weighted by atomic mass is 10.1. The molecular weight excluding hydrogens is 308 g/mol. The summed E-state index contributed by atoms with van der Waals surface area (Å²) in [6.45, 7) is 4.82. The molecule has 0 unspecified atom stereocenters. The Morgan fingerprint density at radius 3 is 2.95 bits per heavy atom. The van der Waals surface area contributed by atoms with Gasteiger partial charge in [-0.05, 0) is 32.0 Å². The van der Waals surface area contributed by atoms with Crippen molar-refractivity contribution in [3.8, 4) is 5.75 Å². The number of nitrogens with zero attached hydrogens (tertiary/aromatic N) is 2. The van der Waals surface area contributed by atoms with Crippen LogP contribution < -0.4 is 4.74 Å². The van der Waals surface area contributed by atoms with Crippen molar-refractivity contribution in [2.75, 3.05) is 0 Å². The van der Waals surface area contributed by atoms with Gasteiger partial charge < -0.3 is 9.30 Å². The lowest BCUT2D eigenvalue weighted by Gasteiger charge is -2.11. The Morgan fingerprint density at radius 2 is 2.26 bits per heavy atom. The molecule has 4 nitrogen and oxygen atoms in total. The maximum atomic E-state index is 11.6. The molecule has 0 fully saturated rings. The lowest BCUT2D eigenvalue weighted by molar-refractivity contribution is 0.101. The van der Waals surface area contributed by atoms with E-state index in [-0.39, 0.29) is 5.78 Å². The summed E-state index contributed by atoms with van der Waals surface area (Å²) >= 11 is 3.36. The number of rotatable bonds is 5. The van der Waals surface area contributed by atoms with Crippen molar-refractivity contribution in [2.24, 2.45) is 0 Å². The molecule has 1 heterocycles. The van der Waals surface area contributed by atoms with E-state index in [0.29, 0.717) is 17.9 Å². The number of hydrogen-bond donors (Lipinski definition) is 0. The van der Waals surface area contributed by atoms with Crippen molar-refractivity contribution in [3.05, 3.63) is 46.5 Å². The van der Waals surface area contributed by atoms with Gasteiger partial charge in [0, 0.05) is 11.0 Å². The summed E-state index contributed by atoms with van der Waals surface area (Å²) in [7, 11) is 0. The number of carbonyl (C=O) groups is 1. The highest BCUT2D eigenvalue weighted by atomic mass is 79.9. The molecule has 0 bridgehead atoms. The fraction of sp³-hybridized carbons (Fsp3) is 0.286. The monoisotopic (exact) mass is 322 g/mol. The van der Waals surface area contributed by atoms with Gasteiger partial charge in [-0.3, -0.25) is 4.79 Å².